The van der Waals surface area contributed by atoms with E-state index in [9.17, 15) is 10.1 Å². The first-order valence-electron chi connectivity index (χ1n) is 5.76. The van der Waals surface area contributed by atoms with Gasteiger partial charge in [0.25, 0.3) is 5.69 Å². The van der Waals surface area contributed by atoms with Crippen LogP contribution in [0.2, 0.25) is 0 Å². The highest BCUT2D eigenvalue weighted by atomic mass is 16.6. The van der Waals surface area contributed by atoms with Crippen LogP contribution in [0.25, 0.3) is 0 Å². The van der Waals surface area contributed by atoms with E-state index in [0.717, 1.165) is 13.0 Å². The van der Waals surface area contributed by atoms with Crippen LogP contribution in [0.3, 0.4) is 0 Å². The van der Waals surface area contributed by atoms with Crippen LogP contribution in [0.15, 0.2) is 18.2 Å². The van der Waals surface area contributed by atoms with Gasteiger partial charge in [0, 0.05) is 18.7 Å². The molecule has 0 aliphatic heterocycles. The minimum Gasteiger partial charge on any atom is -0.384 e. The van der Waals surface area contributed by atoms with Crippen molar-refractivity contribution in [3.63, 3.8) is 0 Å². The Labute approximate surface area is 107 Å². The lowest BCUT2D eigenvalue weighted by molar-refractivity contribution is -0.384. The maximum atomic E-state index is 10.6. The summed E-state index contributed by atoms with van der Waals surface area (Å²) in [4.78, 5) is 10.1. The van der Waals surface area contributed by atoms with Gasteiger partial charge in [-0.25, -0.2) is 0 Å². The summed E-state index contributed by atoms with van der Waals surface area (Å²) in [5.41, 5.74) is 1.10. The Bertz CT molecular complexity index is 484. The molecule has 0 aliphatic rings. The van der Waals surface area contributed by atoms with Crippen molar-refractivity contribution in [2.24, 2.45) is 5.41 Å². The Morgan fingerprint density at radius 3 is 2.61 bits per heavy atom. The normalized spacial score (nSPS) is 10.8. The maximum Gasteiger partial charge on any atom is 0.270 e. The molecule has 18 heavy (non-hydrogen) atoms. The van der Waals surface area contributed by atoms with Gasteiger partial charge in [0.1, 0.15) is 6.07 Å². The van der Waals surface area contributed by atoms with Crippen LogP contribution in [0.1, 0.15) is 32.8 Å². The van der Waals surface area contributed by atoms with Crippen molar-refractivity contribution >= 4 is 11.4 Å². The van der Waals surface area contributed by atoms with Gasteiger partial charge in [0.2, 0.25) is 0 Å². The molecule has 1 N–H and O–H groups in total. The van der Waals surface area contributed by atoms with Crippen molar-refractivity contribution < 1.29 is 4.92 Å². The zero-order valence-corrected chi connectivity index (χ0v) is 10.9. The van der Waals surface area contributed by atoms with Crippen molar-refractivity contribution in [1.29, 1.82) is 5.26 Å². The highest BCUT2D eigenvalue weighted by Gasteiger charge is 2.12. The van der Waals surface area contributed by atoms with Gasteiger partial charge in [0.05, 0.1) is 16.2 Å². The third-order valence-electron chi connectivity index (χ3n) is 2.52. The number of hydrogen-bond acceptors (Lipinski definition) is 4. The average Bonchev–Trinajstić information content (AvgIpc) is 2.27. The molecule has 5 nitrogen and oxygen atoms in total. The fraction of sp³-hybridized carbons (Fsp3) is 0.462. The number of rotatable bonds is 4. The minimum atomic E-state index is -0.500. The lowest BCUT2D eigenvalue weighted by atomic mass is 9.92. The quantitative estimate of drug-likeness (QED) is 0.653. The first-order valence-corrected chi connectivity index (χ1v) is 5.76. The molecular formula is C13H17N3O2. The number of nitro benzene ring substituents is 1. The fourth-order valence-corrected chi connectivity index (χ4v) is 1.46. The van der Waals surface area contributed by atoms with Crippen LogP contribution in [-0.4, -0.2) is 11.5 Å². The zero-order chi connectivity index (χ0) is 13.8. The highest BCUT2D eigenvalue weighted by Crippen LogP contribution is 2.23. The summed E-state index contributed by atoms with van der Waals surface area (Å²) in [6.45, 7) is 7.14. The molecule has 1 aromatic carbocycles. The summed E-state index contributed by atoms with van der Waals surface area (Å²) in [5, 5.41) is 22.7. The van der Waals surface area contributed by atoms with Crippen molar-refractivity contribution in [3.8, 4) is 6.07 Å². The molecule has 0 fully saturated rings. The molecule has 0 saturated heterocycles. The molecule has 0 radical (unpaired) electrons. The van der Waals surface area contributed by atoms with E-state index in [1.54, 1.807) is 6.07 Å². The summed E-state index contributed by atoms with van der Waals surface area (Å²) in [6, 6.07) is 6.25. The van der Waals surface area contributed by atoms with E-state index >= 15 is 0 Å². The SMILES string of the molecule is CC(C)(C)CCNc1ccc([N+](=O)[O-])cc1C#N. The number of benzene rings is 1. The van der Waals surface area contributed by atoms with Crippen molar-refractivity contribution in [2.45, 2.75) is 27.2 Å². The number of anilines is 1. The molecule has 0 bridgehead atoms. The van der Waals surface area contributed by atoms with Gasteiger partial charge in [-0.15, -0.1) is 0 Å². The van der Waals surface area contributed by atoms with Crippen molar-refractivity contribution in [1.82, 2.24) is 0 Å². The number of nitrogens with zero attached hydrogens (tertiary/aromatic N) is 2. The lowest BCUT2D eigenvalue weighted by Crippen LogP contribution is -2.13. The summed E-state index contributed by atoms with van der Waals surface area (Å²) >= 11 is 0. The van der Waals surface area contributed by atoms with Crippen LogP contribution in [0, 0.1) is 26.9 Å². The van der Waals surface area contributed by atoms with Crippen LogP contribution in [0.4, 0.5) is 11.4 Å². The Kier molecular flexibility index (Phi) is 4.27. The van der Waals surface area contributed by atoms with Crippen molar-refractivity contribution in [2.75, 3.05) is 11.9 Å². The molecule has 0 spiro atoms. The minimum absolute atomic E-state index is 0.0621. The Hall–Kier alpha value is -2.09. The Balaban J connectivity index is 2.78. The van der Waals surface area contributed by atoms with Crippen LogP contribution in [-0.2, 0) is 0 Å². The standard InChI is InChI=1S/C13H17N3O2/c1-13(2,3)6-7-15-12-5-4-11(16(17)18)8-10(12)9-14/h4-5,8,15H,6-7H2,1-3H3. The van der Waals surface area contributed by atoms with Crippen LogP contribution < -0.4 is 5.32 Å². The smallest absolute Gasteiger partial charge is 0.270 e. The molecule has 1 rings (SSSR count). The number of nitriles is 1. The first-order chi connectivity index (χ1) is 8.33. The van der Waals surface area contributed by atoms with E-state index in [2.05, 4.69) is 26.1 Å². The number of hydrogen-bond donors (Lipinski definition) is 1. The molecule has 0 amide bonds. The second-order valence-electron chi connectivity index (χ2n) is 5.34. The van der Waals surface area contributed by atoms with Crippen LogP contribution >= 0.6 is 0 Å². The van der Waals surface area contributed by atoms with Gasteiger partial charge >= 0.3 is 0 Å². The number of nitrogens with one attached hydrogen (secondary N) is 1. The second kappa shape index (κ2) is 5.50. The van der Waals surface area contributed by atoms with Crippen LogP contribution in [0.5, 0.6) is 0 Å². The van der Waals surface area contributed by atoms with Gasteiger partial charge in [0.15, 0.2) is 0 Å². The van der Waals surface area contributed by atoms with Gasteiger partial charge in [-0.1, -0.05) is 20.8 Å². The molecule has 0 unspecified atom stereocenters. The van der Waals surface area contributed by atoms with Gasteiger partial charge in [-0.05, 0) is 17.9 Å². The summed E-state index contributed by atoms with van der Waals surface area (Å²) < 4.78 is 0. The summed E-state index contributed by atoms with van der Waals surface area (Å²) in [5.74, 6) is 0. The summed E-state index contributed by atoms with van der Waals surface area (Å²) in [6.07, 6.45) is 0.953. The first kappa shape index (κ1) is 14.0. The average molecular weight is 247 g/mol. The molecule has 0 heterocycles. The largest absolute Gasteiger partial charge is 0.384 e. The monoisotopic (exact) mass is 247 g/mol. The maximum absolute atomic E-state index is 10.6. The van der Waals surface area contributed by atoms with Gasteiger partial charge < -0.3 is 5.32 Å². The van der Waals surface area contributed by atoms with Gasteiger partial charge in [-0.3, -0.25) is 10.1 Å². The third kappa shape index (κ3) is 4.06. The van der Waals surface area contributed by atoms with E-state index in [1.807, 2.05) is 6.07 Å². The van der Waals surface area contributed by atoms with Crippen molar-refractivity contribution in [3.05, 3.63) is 33.9 Å². The molecule has 0 atom stereocenters. The van der Waals surface area contributed by atoms with Gasteiger partial charge in [-0.2, -0.15) is 5.26 Å². The molecule has 0 saturated carbocycles. The van der Waals surface area contributed by atoms with E-state index in [1.165, 1.54) is 12.1 Å². The number of non-ortho nitro benzene ring substituents is 1. The van der Waals surface area contributed by atoms with E-state index in [-0.39, 0.29) is 11.1 Å². The topological polar surface area (TPSA) is 79.0 Å². The van der Waals surface area contributed by atoms with E-state index in [0.29, 0.717) is 11.3 Å². The van der Waals surface area contributed by atoms with E-state index < -0.39 is 4.92 Å². The number of nitro groups is 1. The fourth-order valence-electron chi connectivity index (χ4n) is 1.46. The molecule has 0 aliphatic carbocycles. The summed E-state index contributed by atoms with van der Waals surface area (Å²) in [7, 11) is 0. The third-order valence-corrected chi connectivity index (χ3v) is 2.52. The molecule has 0 aromatic heterocycles. The molecule has 96 valence electrons. The highest BCUT2D eigenvalue weighted by molar-refractivity contribution is 5.61. The predicted molar refractivity (Wildman–Crippen MR) is 70.4 cm³/mol. The predicted octanol–water partition coefficient (Wildman–Crippen LogP) is 3.31. The van der Waals surface area contributed by atoms with E-state index in [4.69, 9.17) is 5.26 Å². The Morgan fingerprint density at radius 1 is 1.44 bits per heavy atom. The second-order valence-corrected chi connectivity index (χ2v) is 5.34. The lowest BCUT2D eigenvalue weighted by Gasteiger charge is -2.18. The molecule has 5 heteroatoms. The molecular weight excluding hydrogens is 230 g/mol. The molecule has 1 aromatic rings. The Morgan fingerprint density at radius 2 is 2.11 bits per heavy atom. The zero-order valence-electron chi connectivity index (χ0n) is 10.9.